The number of morpholine rings is 1. The molecule has 5 heteroatoms. The summed E-state index contributed by atoms with van der Waals surface area (Å²) in [5.74, 6) is 0.0377. The molecule has 1 aromatic carbocycles. The molecule has 1 aliphatic heterocycles. The van der Waals surface area contributed by atoms with Crippen molar-refractivity contribution in [3.63, 3.8) is 0 Å². The largest absolute Gasteiger partial charge is 0.375 e. The van der Waals surface area contributed by atoms with Gasteiger partial charge in [0.15, 0.2) is 0 Å². The Morgan fingerprint density at radius 2 is 2.04 bits per heavy atom. The van der Waals surface area contributed by atoms with Crippen LogP contribution in [0.25, 0.3) is 0 Å². The van der Waals surface area contributed by atoms with E-state index in [1.54, 1.807) is 0 Å². The van der Waals surface area contributed by atoms with Crippen LogP contribution in [-0.4, -0.2) is 48.7 Å². The van der Waals surface area contributed by atoms with Gasteiger partial charge in [0.1, 0.15) is 0 Å². The van der Waals surface area contributed by atoms with E-state index in [2.05, 4.69) is 48.3 Å². The smallest absolute Gasteiger partial charge is 0.223 e. The summed E-state index contributed by atoms with van der Waals surface area (Å²) in [7, 11) is 0. The number of amides is 1. The third kappa shape index (κ3) is 5.30. The van der Waals surface area contributed by atoms with Crippen LogP contribution in [0.5, 0.6) is 0 Å². The van der Waals surface area contributed by atoms with Gasteiger partial charge in [0.25, 0.3) is 0 Å². The van der Waals surface area contributed by atoms with Crippen molar-refractivity contribution in [1.82, 2.24) is 10.2 Å². The lowest BCUT2D eigenvalue weighted by molar-refractivity contribution is -0.128. The van der Waals surface area contributed by atoms with E-state index < -0.39 is 0 Å². The van der Waals surface area contributed by atoms with Gasteiger partial charge >= 0.3 is 0 Å². The first-order valence-electron chi connectivity index (χ1n) is 8.99. The quantitative estimate of drug-likeness (QED) is 0.763. The predicted octanol–water partition coefficient (Wildman–Crippen LogP) is 1.91. The molecule has 0 aliphatic carbocycles. The Morgan fingerprint density at radius 3 is 2.67 bits per heavy atom. The molecule has 1 amide bonds. The molecule has 5 nitrogen and oxygen atoms in total. The van der Waals surface area contributed by atoms with E-state index in [0.717, 1.165) is 32.5 Å². The molecule has 1 saturated heterocycles. The minimum absolute atomic E-state index is 0.0377. The molecule has 1 fully saturated rings. The second-order valence-electron chi connectivity index (χ2n) is 6.66. The average molecular weight is 333 g/mol. The number of carbonyl (C=O) groups excluding carboxylic acids is 1. The Labute approximate surface area is 145 Å². The molecular weight excluding hydrogens is 302 g/mol. The van der Waals surface area contributed by atoms with Crippen molar-refractivity contribution in [1.29, 1.82) is 0 Å². The normalized spacial score (nSPS) is 19.2. The van der Waals surface area contributed by atoms with Crippen LogP contribution in [0.4, 0.5) is 0 Å². The Balaban J connectivity index is 1.85. The summed E-state index contributed by atoms with van der Waals surface area (Å²) in [5, 5.41) is 3.13. The van der Waals surface area contributed by atoms with Gasteiger partial charge in [-0.05, 0) is 18.4 Å². The van der Waals surface area contributed by atoms with Crippen LogP contribution in [0.2, 0.25) is 0 Å². The monoisotopic (exact) mass is 333 g/mol. The minimum atomic E-state index is -0.282. The SMILES string of the molecule is CCC(CC)(CN)NC(=O)CC1CN(Cc2ccccc2)CCO1. The molecule has 3 N–H and O–H groups in total. The van der Waals surface area contributed by atoms with Crippen molar-refractivity contribution < 1.29 is 9.53 Å². The molecule has 0 spiro atoms. The number of hydrogen-bond donors (Lipinski definition) is 2. The number of hydrogen-bond acceptors (Lipinski definition) is 4. The second-order valence-corrected chi connectivity index (χ2v) is 6.66. The summed E-state index contributed by atoms with van der Waals surface area (Å²) in [4.78, 5) is 14.8. The lowest BCUT2D eigenvalue weighted by atomic mass is 9.92. The molecule has 1 aromatic rings. The number of rotatable bonds is 8. The minimum Gasteiger partial charge on any atom is -0.375 e. The van der Waals surface area contributed by atoms with E-state index in [9.17, 15) is 4.79 Å². The van der Waals surface area contributed by atoms with E-state index >= 15 is 0 Å². The molecule has 1 unspecified atom stereocenters. The lowest BCUT2D eigenvalue weighted by Gasteiger charge is -2.35. The highest BCUT2D eigenvalue weighted by molar-refractivity contribution is 5.77. The second kappa shape index (κ2) is 9.16. The Kier molecular flexibility index (Phi) is 7.21. The van der Waals surface area contributed by atoms with Crippen LogP contribution in [-0.2, 0) is 16.1 Å². The van der Waals surface area contributed by atoms with Crippen molar-refractivity contribution in [3.8, 4) is 0 Å². The van der Waals surface area contributed by atoms with E-state index in [0.29, 0.717) is 19.6 Å². The Bertz CT molecular complexity index is 494. The van der Waals surface area contributed by atoms with Crippen LogP contribution in [0.1, 0.15) is 38.7 Å². The van der Waals surface area contributed by atoms with Crippen molar-refractivity contribution in [3.05, 3.63) is 35.9 Å². The van der Waals surface area contributed by atoms with Crippen molar-refractivity contribution >= 4 is 5.91 Å². The number of carbonyl (C=O) groups is 1. The molecule has 134 valence electrons. The topological polar surface area (TPSA) is 67.6 Å². The van der Waals surface area contributed by atoms with Gasteiger partial charge in [0.05, 0.1) is 24.7 Å². The van der Waals surface area contributed by atoms with Crippen LogP contribution >= 0.6 is 0 Å². The first-order valence-corrected chi connectivity index (χ1v) is 8.99. The van der Waals surface area contributed by atoms with Gasteiger partial charge in [-0.1, -0.05) is 44.2 Å². The summed E-state index contributed by atoms with van der Waals surface area (Å²) < 4.78 is 5.80. The summed E-state index contributed by atoms with van der Waals surface area (Å²) in [6.07, 6.45) is 2.04. The Hall–Kier alpha value is -1.43. The average Bonchev–Trinajstić information content (AvgIpc) is 2.61. The highest BCUT2D eigenvalue weighted by atomic mass is 16.5. The lowest BCUT2D eigenvalue weighted by Crippen LogP contribution is -2.54. The zero-order valence-corrected chi connectivity index (χ0v) is 15.0. The molecule has 1 heterocycles. The molecule has 0 saturated carbocycles. The summed E-state index contributed by atoms with van der Waals surface area (Å²) >= 11 is 0. The number of nitrogens with two attached hydrogens (primary N) is 1. The summed E-state index contributed by atoms with van der Waals surface area (Å²) in [6, 6.07) is 10.4. The standard InChI is InChI=1S/C19H31N3O2/c1-3-19(4-2,15-20)21-18(23)12-17-14-22(10-11-24-17)13-16-8-6-5-7-9-16/h5-9,17H,3-4,10-15,20H2,1-2H3,(H,21,23). The van der Waals surface area contributed by atoms with Gasteiger partial charge in [0.2, 0.25) is 5.91 Å². The third-order valence-electron chi connectivity index (χ3n) is 5.03. The molecule has 1 atom stereocenters. The number of benzene rings is 1. The number of nitrogens with zero attached hydrogens (tertiary/aromatic N) is 1. The van der Waals surface area contributed by atoms with Crippen LogP contribution in [0.15, 0.2) is 30.3 Å². The fourth-order valence-electron chi connectivity index (χ4n) is 3.21. The highest BCUT2D eigenvalue weighted by Gasteiger charge is 2.29. The van der Waals surface area contributed by atoms with Crippen molar-refractivity contribution in [2.75, 3.05) is 26.2 Å². The van der Waals surface area contributed by atoms with Crippen molar-refractivity contribution in [2.45, 2.75) is 51.3 Å². The highest BCUT2D eigenvalue weighted by Crippen LogP contribution is 2.16. The summed E-state index contributed by atoms with van der Waals surface area (Å²) in [5.41, 5.74) is 6.88. The van der Waals surface area contributed by atoms with Crippen molar-refractivity contribution in [2.24, 2.45) is 5.73 Å². The van der Waals surface area contributed by atoms with Crippen LogP contribution in [0, 0.1) is 0 Å². The predicted molar refractivity (Wildman–Crippen MR) is 96.6 cm³/mol. The van der Waals surface area contributed by atoms with E-state index in [1.165, 1.54) is 5.56 Å². The maximum atomic E-state index is 12.4. The fourth-order valence-corrected chi connectivity index (χ4v) is 3.21. The number of ether oxygens (including phenoxy) is 1. The van der Waals surface area contributed by atoms with Gasteiger partial charge in [0, 0.05) is 26.2 Å². The molecule has 1 aliphatic rings. The molecule has 2 rings (SSSR count). The maximum absolute atomic E-state index is 12.4. The van der Waals surface area contributed by atoms with E-state index in [4.69, 9.17) is 10.5 Å². The van der Waals surface area contributed by atoms with Gasteiger partial charge in [-0.15, -0.1) is 0 Å². The first-order chi connectivity index (χ1) is 11.6. The maximum Gasteiger partial charge on any atom is 0.223 e. The molecule has 0 radical (unpaired) electrons. The zero-order chi connectivity index (χ0) is 17.4. The van der Waals surface area contributed by atoms with Crippen LogP contribution < -0.4 is 11.1 Å². The summed E-state index contributed by atoms with van der Waals surface area (Å²) in [6.45, 7) is 7.87. The van der Waals surface area contributed by atoms with Gasteiger partial charge in [-0.25, -0.2) is 0 Å². The molecule has 24 heavy (non-hydrogen) atoms. The molecule has 0 aromatic heterocycles. The van der Waals surface area contributed by atoms with E-state index in [1.807, 2.05) is 6.07 Å². The van der Waals surface area contributed by atoms with Crippen LogP contribution in [0.3, 0.4) is 0 Å². The van der Waals surface area contributed by atoms with Gasteiger partial charge < -0.3 is 15.8 Å². The zero-order valence-electron chi connectivity index (χ0n) is 15.0. The van der Waals surface area contributed by atoms with E-state index in [-0.39, 0.29) is 17.6 Å². The number of nitrogens with one attached hydrogen (secondary N) is 1. The third-order valence-corrected chi connectivity index (χ3v) is 5.03. The molecule has 0 bridgehead atoms. The van der Waals surface area contributed by atoms with Gasteiger partial charge in [-0.3, -0.25) is 9.69 Å². The molecular formula is C19H31N3O2. The first kappa shape index (κ1) is 18.9. The Morgan fingerprint density at radius 1 is 1.33 bits per heavy atom. The fraction of sp³-hybridized carbons (Fsp3) is 0.632. The van der Waals surface area contributed by atoms with Gasteiger partial charge in [-0.2, -0.15) is 0 Å².